The van der Waals surface area contributed by atoms with Gasteiger partial charge in [-0.3, -0.25) is 4.79 Å². The van der Waals surface area contributed by atoms with Crippen molar-refractivity contribution >= 4 is 21.8 Å². The zero-order chi connectivity index (χ0) is 12.3. The average molecular weight is 296 g/mol. The first-order chi connectivity index (χ1) is 7.47. The van der Waals surface area contributed by atoms with E-state index in [4.69, 9.17) is 0 Å². The lowest BCUT2D eigenvalue weighted by Gasteiger charge is -2.15. The van der Waals surface area contributed by atoms with Crippen LogP contribution in [0.2, 0.25) is 0 Å². The molecule has 0 unspecified atom stereocenters. The van der Waals surface area contributed by atoms with Crippen LogP contribution in [0.1, 0.15) is 10.4 Å². The third-order valence-corrected chi connectivity index (χ3v) is 2.35. The Kier molecular flexibility index (Phi) is 4.35. The minimum absolute atomic E-state index is 0.208. The number of nitrogens with zero attached hydrogens (tertiary/aromatic N) is 1. The van der Waals surface area contributed by atoms with Gasteiger partial charge in [0.25, 0.3) is 5.91 Å². The number of halogens is 4. The van der Waals surface area contributed by atoms with Crippen molar-refractivity contribution < 1.29 is 18.0 Å². The highest BCUT2D eigenvalue weighted by Gasteiger charge is 2.17. The largest absolute Gasteiger partial charge is 0.341 e. The maximum Gasteiger partial charge on any atom is 0.253 e. The number of carbonyl (C=O) groups excluding carboxylic acids is 1. The number of carbonyl (C=O) groups is 1. The minimum atomic E-state index is -1.57. The molecule has 2 nitrogen and oxygen atoms in total. The molecule has 88 valence electrons. The molecule has 0 N–H and O–H groups in total. The Morgan fingerprint density at radius 1 is 1.31 bits per heavy atom. The molecule has 0 aromatic heterocycles. The molecule has 16 heavy (non-hydrogen) atoms. The Morgan fingerprint density at radius 3 is 2.25 bits per heavy atom. The van der Waals surface area contributed by atoms with Gasteiger partial charge in [0.2, 0.25) is 0 Å². The van der Waals surface area contributed by atoms with Gasteiger partial charge in [-0.2, -0.15) is 0 Å². The Bertz CT molecular complexity index is 388. The van der Waals surface area contributed by atoms with Crippen molar-refractivity contribution in [2.24, 2.45) is 0 Å². The zero-order valence-corrected chi connectivity index (χ0v) is 10.0. The van der Waals surface area contributed by atoms with Gasteiger partial charge >= 0.3 is 0 Å². The third kappa shape index (κ3) is 2.75. The standard InChI is InChI=1S/C10H9BrF3NO/c1-15(3-2-11)10(16)6-4-7(12)9(14)8(13)5-6/h4-5H,2-3H2,1H3. The van der Waals surface area contributed by atoms with Gasteiger partial charge in [-0.15, -0.1) is 0 Å². The van der Waals surface area contributed by atoms with E-state index in [0.717, 1.165) is 0 Å². The van der Waals surface area contributed by atoms with Gasteiger partial charge in [0.15, 0.2) is 17.5 Å². The normalized spacial score (nSPS) is 10.3. The summed E-state index contributed by atoms with van der Waals surface area (Å²) in [6.07, 6.45) is 0. The van der Waals surface area contributed by atoms with E-state index in [2.05, 4.69) is 15.9 Å². The number of rotatable bonds is 3. The molecule has 1 aromatic carbocycles. The zero-order valence-electron chi connectivity index (χ0n) is 8.44. The van der Waals surface area contributed by atoms with Gasteiger partial charge in [-0.05, 0) is 12.1 Å². The van der Waals surface area contributed by atoms with Gasteiger partial charge in [-0.1, -0.05) is 15.9 Å². The molecule has 0 heterocycles. The molecule has 1 rings (SSSR count). The van der Waals surface area contributed by atoms with Gasteiger partial charge in [0.1, 0.15) is 0 Å². The van der Waals surface area contributed by atoms with Crippen molar-refractivity contribution in [3.63, 3.8) is 0 Å². The van der Waals surface area contributed by atoms with Crippen LogP contribution in [-0.4, -0.2) is 29.7 Å². The van der Waals surface area contributed by atoms with Crippen molar-refractivity contribution in [3.05, 3.63) is 35.1 Å². The van der Waals surface area contributed by atoms with Crippen LogP contribution < -0.4 is 0 Å². The maximum absolute atomic E-state index is 12.9. The van der Waals surface area contributed by atoms with Crippen LogP contribution in [0.5, 0.6) is 0 Å². The summed E-state index contributed by atoms with van der Waals surface area (Å²) >= 11 is 3.13. The fraction of sp³-hybridized carbons (Fsp3) is 0.300. The molecule has 0 aliphatic rings. The number of amides is 1. The molecule has 0 saturated carbocycles. The summed E-state index contributed by atoms with van der Waals surface area (Å²) in [7, 11) is 1.49. The van der Waals surface area contributed by atoms with Gasteiger partial charge in [-0.25, -0.2) is 13.2 Å². The smallest absolute Gasteiger partial charge is 0.253 e. The Balaban J connectivity index is 3.01. The van der Waals surface area contributed by atoms with Gasteiger partial charge in [0.05, 0.1) is 0 Å². The van der Waals surface area contributed by atoms with E-state index in [1.54, 1.807) is 0 Å². The quantitative estimate of drug-likeness (QED) is 0.620. The minimum Gasteiger partial charge on any atom is -0.341 e. The van der Waals surface area contributed by atoms with E-state index in [1.165, 1.54) is 11.9 Å². The third-order valence-electron chi connectivity index (χ3n) is 2.00. The van der Waals surface area contributed by atoms with Crippen LogP contribution >= 0.6 is 15.9 Å². The number of alkyl halides is 1. The Morgan fingerprint density at radius 2 is 1.81 bits per heavy atom. The van der Waals surface area contributed by atoms with Crippen molar-refractivity contribution in [2.75, 3.05) is 18.9 Å². The van der Waals surface area contributed by atoms with Crippen molar-refractivity contribution in [1.82, 2.24) is 4.90 Å². The first-order valence-corrected chi connectivity index (χ1v) is 5.55. The monoisotopic (exact) mass is 295 g/mol. The summed E-state index contributed by atoms with van der Waals surface area (Å²) < 4.78 is 38.4. The predicted molar refractivity (Wildman–Crippen MR) is 57.1 cm³/mol. The first kappa shape index (κ1) is 13.0. The van der Waals surface area contributed by atoms with Gasteiger partial charge in [0, 0.05) is 24.5 Å². The Hall–Kier alpha value is -1.04. The fourth-order valence-corrected chi connectivity index (χ4v) is 1.66. The highest BCUT2D eigenvalue weighted by atomic mass is 79.9. The SMILES string of the molecule is CN(CCBr)C(=O)c1cc(F)c(F)c(F)c1. The molecule has 0 saturated heterocycles. The number of benzene rings is 1. The predicted octanol–water partition coefficient (Wildman–Crippen LogP) is 2.57. The van der Waals surface area contributed by atoms with E-state index in [9.17, 15) is 18.0 Å². The summed E-state index contributed by atoms with van der Waals surface area (Å²) in [4.78, 5) is 12.9. The fourth-order valence-electron chi connectivity index (χ4n) is 1.13. The summed E-state index contributed by atoms with van der Waals surface area (Å²) in [5.41, 5.74) is -0.208. The molecule has 0 spiro atoms. The molecule has 6 heteroatoms. The van der Waals surface area contributed by atoms with E-state index < -0.39 is 23.4 Å². The van der Waals surface area contributed by atoms with Crippen LogP contribution in [0.15, 0.2) is 12.1 Å². The molecule has 0 fully saturated rings. The molecule has 1 amide bonds. The molecule has 0 aliphatic carbocycles. The van der Waals surface area contributed by atoms with Crippen LogP contribution in [0.25, 0.3) is 0 Å². The van der Waals surface area contributed by atoms with Crippen molar-refractivity contribution in [2.45, 2.75) is 0 Å². The van der Waals surface area contributed by atoms with Gasteiger partial charge < -0.3 is 4.90 Å². The Labute approximate surface area is 99.2 Å². The number of hydrogen-bond acceptors (Lipinski definition) is 1. The average Bonchev–Trinajstić information content (AvgIpc) is 2.24. The second kappa shape index (κ2) is 5.34. The highest BCUT2D eigenvalue weighted by molar-refractivity contribution is 9.09. The second-order valence-corrected chi connectivity index (χ2v) is 3.96. The summed E-state index contributed by atoms with van der Waals surface area (Å²) in [6.45, 7) is 0.388. The van der Waals surface area contributed by atoms with E-state index in [1.807, 2.05) is 0 Å². The van der Waals surface area contributed by atoms with Crippen LogP contribution in [0.3, 0.4) is 0 Å². The molecule has 0 radical (unpaired) electrons. The molecule has 0 aliphatic heterocycles. The summed E-state index contributed by atoms with van der Waals surface area (Å²) in [6, 6.07) is 1.37. The second-order valence-electron chi connectivity index (χ2n) is 3.17. The molecular weight excluding hydrogens is 287 g/mol. The van der Waals surface area contributed by atoms with E-state index in [-0.39, 0.29) is 5.56 Å². The topological polar surface area (TPSA) is 20.3 Å². The molecular formula is C10H9BrF3NO. The lowest BCUT2D eigenvalue weighted by atomic mass is 10.2. The van der Waals surface area contributed by atoms with E-state index >= 15 is 0 Å². The highest BCUT2D eigenvalue weighted by Crippen LogP contribution is 2.14. The lowest BCUT2D eigenvalue weighted by Crippen LogP contribution is -2.28. The molecule has 1 aromatic rings. The summed E-state index contributed by atoms with van der Waals surface area (Å²) in [5, 5.41) is 0.543. The van der Waals surface area contributed by atoms with E-state index in [0.29, 0.717) is 24.0 Å². The van der Waals surface area contributed by atoms with Crippen LogP contribution in [-0.2, 0) is 0 Å². The lowest BCUT2D eigenvalue weighted by molar-refractivity contribution is 0.0803. The van der Waals surface area contributed by atoms with Crippen molar-refractivity contribution in [1.29, 1.82) is 0 Å². The van der Waals surface area contributed by atoms with Crippen molar-refractivity contribution in [3.8, 4) is 0 Å². The first-order valence-electron chi connectivity index (χ1n) is 4.43. The maximum atomic E-state index is 12.9. The molecule has 0 atom stereocenters. The van der Waals surface area contributed by atoms with Crippen LogP contribution in [0.4, 0.5) is 13.2 Å². The number of hydrogen-bond donors (Lipinski definition) is 0. The van der Waals surface area contributed by atoms with Crippen LogP contribution in [0, 0.1) is 17.5 Å². The summed E-state index contributed by atoms with van der Waals surface area (Å²) in [5.74, 6) is -4.86. The molecule has 0 bridgehead atoms.